The van der Waals surface area contributed by atoms with Gasteiger partial charge in [0.1, 0.15) is 0 Å². The molecular formula is C13H14BrNO. The number of nitrogens with zero attached hydrogens (tertiary/aromatic N) is 1. The van der Waals surface area contributed by atoms with Crippen LogP contribution in [0.1, 0.15) is 22.3 Å². The second-order valence-electron chi connectivity index (χ2n) is 3.99. The lowest BCUT2D eigenvalue weighted by atomic mass is 10.1. The number of benzene rings is 1. The SMILES string of the molecule is Cc1ccc(Br)c(C(=O)N2CC=CCC2)c1. The van der Waals surface area contributed by atoms with E-state index in [1.165, 1.54) is 0 Å². The molecule has 0 N–H and O–H groups in total. The first-order valence-corrected chi connectivity index (χ1v) is 6.18. The van der Waals surface area contributed by atoms with E-state index in [-0.39, 0.29) is 5.91 Å². The first kappa shape index (κ1) is 11.4. The van der Waals surface area contributed by atoms with Gasteiger partial charge in [0.15, 0.2) is 0 Å². The van der Waals surface area contributed by atoms with E-state index in [1.807, 2.05) is 36.1 Å². The first-order chi connectivity index (χ1) is 7.68. The summed E-state index contributed by atoms with van der Waals surface area (Å²) in [6, 6.07) is 5.87. The monoisotopic (exact) mass is 279 g/mol. The van der Waals surface area contributed by atoms with Crippen LogP contribution in [-0.4, -0.2) is 23.9 Å². The van der Waals surface area contributed by atoms with Gasteiger partial charge in [-0.05, 0) is 41.4 Å². The van der Waals surface area contributed by atoms with Crippen molar-refractivity contribution in [3.8, 4) is 0 Å². The summed E-state index contributed by atoms with van der Waals surface area (Å²) in [5.74, 6) is 0.111. The van der Waals surface area contributed by atoms with Crippen LogP contribution in [-0.2, 0) is 0 Å². The Morgan fingerprint density at radius 3 is 2.88 bits per heavy atom. The van der Waals surface area contributed by atoms with Crippen LogP contribution in [0, 0.1) is 6.92 Å². The lowest BCUT2D eigenvalue weighted by Gasteiger charge is -2.24. The maximum absolute atomic E-state index is 12.2. The molecule has 0 atom stereocenters. The Balaban J connectivity index is 2.26. The molecule has 0 saturated heterocycles. The third kappa shape index (κ3) is 2.35. The maximum Gasteiger partial charge on any atom is 0.255 e. The smallest absolute Gasteiger partial charge is 0.255 e. The van der Waals surface area contributed by atoms with E-state index in [4.69, 9.17) is 0 Å². The van der Waals surface area contributed by atoms with Crippen molar-refractivity contribution in [1.82, 2.24) is 4.90 Å². The molecule has 1 amide bonds. The number of hydrogen-bond donors (Lipinski definition) is 0. The van der Waals surface area contributed by atoms with Crippen molar-refractivity contribution in [1.29, 1.82) is 0 Å². The van der Waals surface area contributed by atoms with Crippen molar-refractivity contribution in [3.05, 3.63) is 46.0 Å². The van der Waals surface area contributed by atoms with Gasteiger partial charge in [0.25, 0.3) is 5.91 Å². The number of carbonyl (C=O) groups is 1. The molecule has 16 heavy (non-hydrogen) atoms. The summed E-state index contributed by atoms with van der Waals surface area (Å²) in [5, 5.41) is 0. The molecule has 1 aromatic carbocycles. The highest BCUT2D eigenvalue weighted by Gasteiger charge is 2.18. The zero-order valence-electron chi connectivity index (χ0n) is 9.24. The van der Waals surface area contributed by atoms with E-state index < -0.39 is 0 Å². The van der Waals surface area contributed by atoms with Gasteiger partial charge in [-0.3, -0.25) is 4.79 Å². The molecule has 0 unspecified atom stereocenters. The quantitative estimate of drug-likeness (QED) is 0.724. The fourth-order valence-electron chi connectivity index (χ4n) is 1.80. The zero-order valence-corrected chi connectivity index (χ0v) is 10.8. The summed E-state index contributed by atoms with van der Waals surface area (Å²) >= 11 is 3.43. The van der Waals surface area contributed by atoms with E-state index in [9.17, 15) is 4.79 Å². The van der Waals surface area contributed by atoms with Crippen LogP contribution in [0.25, 0.3) is 0 Å². The van der Waals surface area contributed by atoms with Gasteiger partial charge in [-0.2, -0.15) is 0 Å². The summed E-state index contributed by atoms with van der Waals surface area (Å²) in [7, 11) is 0. The second kappa shape index (κ2) is 4.83. The Morgan fingerprint density at radius 2 is 2.19 bits per heavy atom. The number of rotatable bonds is 1. The third-order valence-corrected chi connectivity index (χ3v) is 3.39. The Hall–Kier alpha value is -1.09. The van der Waals surface area contributed by atoms with Gasteiger partial charge < -0.3 is 4.90 Å². The van der Waals surface area contributed by atoms with Crippen molar-refractivity contribution < 1.29 is 4.79 Å². The van der Waals surface area contributed by atoms with Crippen LogP contribution in [0.2, 0.25) is 0 Å². The zero-order chi connectivity index (χ0) is 11.5. The van der Waals surface area contributed by atoms with Crippen molar-refractivity contribution in [3.63, 3.8) is 0 Å². The highest BCUT2D eigenvalue weighted by molar-refractivity contribution is 9.10. The number of aryl methyl sites for hydroxylation is 1. The highest BCUT2D eigenvalue weighted by atomic mass is 79.9. The van der Waals surface area contributed by atoms with E-state index in [0.29, 0.717) is 0 Å². The van der Waals surface area contributed by atoms with Crippen LogP contribution in [0.15, 0.2) is 34.8 Å². The molecule has 0 spiro atoms. The van der Waals surface area contributed by atoms with Crippen molar-refractivity contribution in [2.45, 2.75) is 13.3 Å². The molecule has 0 saturated carbocycles. The minimum Gasteiger partial charge on any atom is -0.335 e. The van der Waals surface area contributed by atoms with Crippen molar-refractivity contribution in [2.24, 2.45) is 0 Å². The van der Waals surface area contributed by atoms with Crippen LogP contribution in [0.5, 0.6) is 0 Å². The van der Waals surface area contributed by atoms with Gasteiger partial charge in [-0.25, -0.2) is 0 Å². The molecule has 84 valence electrons. The molecule has 1 aliphatic rings. The highest BCUT2D eigenvalue weighted by Crippen LogP contribution is 2.20. The number of amides is 1. The number of halogens is 1. The van der Waals surface area contributed by atoms with Crippen LogP contribution in [0.3, 0.4) is 0 Å². The Bertz CT molecular complexity index is 440. The predicted molar refractivity (Wildman–Crippen MR) is 68.5 cm³/mol. The van der Waals surface area contributed by atoms with Crippen LogP contribution >= 0.6 is 15.9 Å². The summed E-state index contributed by atoms with van der Waals surface area (Å²) in [6.07, 6.45) is 5.12. The molecule has 1 aliphatic heterocycles. The Kier molecular flexibility index (Phi) is 3.44. The molecule has 1 aromatic rings. The van der Waals surface area contributed by atoms with E-state index in [0.717, 1.165) is 35.1 Å². The summed E-state index contributed by atoms with van der Waals surface area (Å²) < 4.78 is 0.873. The molecule has 2 rings (SSSR count). The van der Waals surface area contributed by atoms with Gasteiger partial charge in [0, 0.05) is 17.6 Å². The van der Waals surface area contributed by atoms with E-state index in [1.54, 1.807) is 0 Å². The minimum absolute atomic E-state index is 0.111. The largest absolute Gasteiger partial charge is 0.335 e. The molecule has 3 heteroatoms. The Labute approximate surface area is 104 Å². The molecule has 0 aliphatic carbocycles. The van der Waals surface area contributed by atoms with Gasteiger partial charge in [-0.1, -0.05) is 23.8 Å². The third-order valence-electron chi connectivity index (χ3n) is 2.70. The van der Waals surface area contributed by atoms with E-state index in [2.05, 4.69) is 22.0 Å². The lowest BCUT2D eigenvalue weighted by molar-refractivity contribution is 0.0770. The standard InChI is InChI=1S/C13H14BrNO/c1-10-5-6-12(14)11(9-10)13(16)15-7-3-2-4-8-15/h2-3,5-6,9H,4,7-8H2,1H3. The minimum atomic E-state index is 0.111. The van der Waals surface area contributed by atoms with Crippen molar-refractivity contribution >= 4 is 21.8 Å². The van der Waals surface area contributed by atoms with Gasteiger partial charge in [0.05, 0.1) is 5.56 Å². The fraction of sp³-hybridized carbons (Fsp3) is 0.308. The molecule has 2 nitrogen and oxygen atoms in total. The van der Waals surface area contributed by atoms with Crippen molar-refractivity contribution in [2.75, 3.05) is 13.1 Å². The average molecular weight is 280 g/mol. The molecule has 1 heterocycles. The molecular weight excluding hydrogens is 266 g/mol. The summed E-state index contributed by atoms with van der Waals surface area (Å²) in [5.41, 5.74) is 1.87. The van der Waals surface area contributed by atoms with Crippen LogP contribution in [0.4, 0.5) is 0 Å². The maximum atomic E-state index is 12.2. The molecule has 0 aromatic heterocycles. The normalized spacial score (nSPS) is 15.2. The first-order valence-electron chi connectivity index (χ1n) is 5.39. The summed E-state index contributed by atoms with van der Waals surface area (Å²) in [4.78, 5) is 14.1. The van der Waals surface area contributed by atoms with Gasteiger partial charge in [0.2, 0.25) is 0 Å². The second-order valence-corrected chi connectivity index (χ2v) is 4.85. The average Bonchev–Trinajstić information content (AvgIpc) is 2.32. The topological polar surface area (TPSA) is 20.3 Å². The molecule has 0 fully saturated rings. The summed E-state index contributed by atoms with van der Waals surface area (Å²) in [6.45, 7) is 3.54. The number of carbonyl (C=O) groups excluding carboxylic acids is 1. The number of hydrogen-bond acceptors (Lipinski definition) is 1. The predicted octanol–water partition coefficient (Wildman–Crippen LogP) is 3.16. The van der Waals surface area contributed by atoms with Gasteiger partial charge >= 0.3 is 0 Å². The van der Waals surface area contributed by atoms with Crippen LogP contribution < -0.4 is 0 Å². The Morgan fingerprint density at radius 1 is 1.38 bits per heavy atom. The van der Waals surface area contributed by atoms with Gasteiger partial charge in [-0.15, -0.1) is 0 Å². The lowest BCUT2D eigenvalue weighted by Crippen LogP contribution is -2.33. The molecule has 0 radical (unpaired) electrons. The van der Waals surface area contributed by atoms with E-state index >= 15 is 0 Å². The molecule has 0 bridgehead atoms. The fourth-order valence-corrected chi connectivity index (χ4v) is 2.22.